The summed E-state index contributed by atoms with van der Waals surface area (Å²) in [7, 11) is 3.14. The molecule has 8 heteroatoms. The molecule has 1 aromatic carbocycles. The number of carbonyl (C=O) groups excluding carboxylic acids is 2. The first kappa shape index (κ1) is 19.2. The van der Waals surface area contributed by atoms with E-state index in [4.69, 9.17) is 4.74 Å². The van der Waals surface area contributed by atoms with Crippen LogP contribution in [0.3, 0.4) is 0 Å². The molecule has 0 bridgehead atoms. The number of likely N-dealkylation sites (tertiary alicyclic amines) is 1. The third-order valence-corrected chi connectivity index (χ3v) is 5.80. The number of aryl methyl sites for hydroxylation is 1. The third-order valence-electron chi connectivity index (χ3n) is 5.80. The largest absolute Gasteiger partial charge is 0.497 e. The highest BCUT2D eigenvalue weighted by Crippen LogP contribution is 2.40. The Morgan fingerprint density at radius 1 is 1.17 bits per heavy atom. The van der Waals surface area contributed by atoms with Gasteiger partial charge in [-0.3, -0.25) is 14.4 Å². The number of ether oxygens (including phenoxy) is 1. The zero-order valence-corrected chi connectivity index (χ0v) is 16.5. The lowest BCUT2D eigenvalue weighted by atomic mass is 10.0. The fraction of sp³-hybridized carbons (Fsp3) is 0.429. The van der Waals surface area contributed by atoms with Gasteiger partial charge in [0.2, 0.25) is 5.91 Å². The summed E-state index contributed by atoms with van der Waals surface area (Å²) in [4.78, 5) is 39.1. The van der Waals surface area contributed by atoms with Gasteiger partial charge < -0.3 is 15.0 Å². The number of fused-ring (bicyclic) bond motifs is 1. The van der Waals surface area contributed by atoms with Crippen molar-refractivity contribution in [3.8, 4) is 5.75 Å². The predicted molar refractivity (Wildman–Crippen MR) is 106 cm³/mol. The Balaban J connectivity index is 1.73. The van der Waals surface area contributed by atoms with Gasteiger partial charge in [0.05, 0.1) is 25.2 Å². The molecular weight excluding hydrogens is 372 g/mol. The zero-order valence-electron chi connectivity index (χ0n) is 16.5. The van der Waals surface area contributed by atoms with E-state index in [1.165, 1.54) is 19.2 Å². The molecule has 2 aliphatic rings. The molecular formula is C21H24N4O4. The van der Waals surface area contributed by atoms with Gasteiger partial charge in [-0.2, -0.15) is 5.10 Å². The number of amides is 2. The maximum absolute atomic E-state index is 13.5. The first-order valence-corrected chi connectivity index (χ1v) is 9.78. The second kappa shape index (κ2) is 7.69. The number of nitrogens with one attached hydrogen (secondary N) is 1. The van der Waals surface area contributed by atoms with Crippen molar-refractivity contribution in [2.45, 2.75) is 43.8 Å². The molecule has 0 aliphatic carbocycles. The summed E-state index contributed by atoms with van der Waals surface area (Å²) in [6, 6.07) is 10.1. The molecule has 3 atom stereocenters. The van der Waals surface area contributed by atoms with Crippen LogP contribution >= 0.6 is 0 Å². The van der Waals surface area contributed by atoms with Crippen LogP contribution in [0.15, 0.2) is 41.2 Å². The van der Waals surface area contributed by atoms with Crippen LogP contribution in [-0.2, 0) is 11.8 Å². The lowest BCUT2D eigenvalue weighted by Crippen LogP contribution is -2.45. The number of nitrogens with zero attached hydrogens (tertiary/aromatic N) is 3. The van der Waals surface area contributed by atoms with E-state index in [0.29, 0.717) is 12.8 Å². The highest BCUT2D eigenvalue weighted by Gasteiger charge is 2.46. The van der Waals surface area contributed by atoms with Crippen molar-refractivity contribution in [3.05, 3.63) is 58.0 Å². The van der Waals surface area contributed by atoms with Crippen LogP contribution in [-0.4, -0.2) is 45.7 Å². The summed E-state index contributed by atoms with van der Waals surface area (Å²) in [6.07, 6.45) is 2.58. The summed E-state index contributed by atoms with van der Waals surface area (Å²) in [5.41, 5.74) is 0.933. The third kappa shape index (κ3) is 3.62. The van der Waals surface area contributed by atoms with Crippen molar-refractivity contribution in [1.29, 1.82) is 0 Å². The monoisotopic (exact) mass is 396 g/mol. The van der Waals surface area contributed by atoms with Crippen molar-refractivity contribution in [2.24, 2.45) is 7.05 Å². The van der Waals surface area contributed by atoms with Gasteiger partial charge >= 0.3 is 0 Å². The molecule has 4 rings (SSSR count). The van der Waals surface area contributed by atoms with Crippen LogP contribution in [0.2, 0.25) is 0 Å². The molecule has 2 saturated heterocycles. The lowest BCUT2D eigenvalue weighted by molar-refractivity contribution is -0.121. The standard InChI is InChI=1S/C21H24N4O4/c1-24-20(27)11-10-15(23-24)21(28)25-17-4-3-5-19(26)22-16(17)12-18(25)13-6-8-14(29-2)9-7-13/h6-11,16-18H,3-5,12H2,1-2H3,(H,22,26)/t16-,17+,18+/m1/s1. The number of aromatic nitrogens is 2. The molecule has 2 amide bonds. The lowest BCUT2D eigenvalue weighted by Gasteiger charge is -2.31. The van der Waals surface area contributed by atoms with Gasteiger partial charge in [0.15, 0.2) is 0 Å². The smallest absolute Gasteiger partial charge is 0.275 e. The van der Waals surface area contributed by atoms with Gasteiger partial charge in [-0.25, -0.2) is 4.68 Å². The van der Waals surface area contributed by atoms with Gasteiger partial charge in [0.1, 0.15) is 11.4 Å². The fourth-order valence-electron chi connectivity index (χ4n) is 4.35. The van der Waals surface area contributed by atoms with Gasteiger partial charge in [0.25, 0.3) is 11.5 Å². The highest BCUT2D eigenvalue weighted by atomic mass is 16.5. The summed E-state index contributed by atoms with van der Waals surface area (Å²) in [5.74, 6) is 0.539. The Labute approximate surface area is 168 Å². The first-order chi connectivity index (χ1) is 14.0. The molecule has 1 aromatic heterocycles. The second-order valence-corrected chi connectivity index (χ2v) is 7.55. The number of methoxy groups -OCH3 is 1. The van der Waals surface area contributed by atoms with E-state index in [1.807, 2.05) is 29.2 Å². The van der Waals surface area contributed by atoms with Crippen molar-refractivity contribution in [1.82, 2.24) is 20.0 Å². The summed E-state index contributed by atoms with van der Waals surface area (Å²) in [5, 5.41) is 7.24. The SMILES string of the molecule is COc1ccc([C@@H]2C[C@H]3NC(=O)CCC[C@@H]3N2C(=O)c2ccc(=O)n(C)n2)cc1. The van der Waals surface area contributed by atoms with E-state index in [2.05, 4.69) is 10.4 Å². The average Bonchev–Trinajstić information content (AvgIpc) is 2.97. The zero-order chi connectivity index (χ0) is 20.5. The molecule has 2 fully saturated rings. The van der Waals surface area contributed by atoms with E-state index in [1.54, 1.807) is 7.11 Å². The van der Waals surface area contributed by atoms with Crippen molar-refractivity contribution < 1.29 is 14.3 Å². The van der Waals surface area contributed by atoms with Crippen molar-refractivity contribution >= 4 is 11.8 Å². The number of hydrogen-bond donors (Lipinski definition) is 1. The number of benzene rings is 1. The molecule has 8 nitrogen and oxygen atoms in total. The highest BCUT2D eigenvalue weighted by molar-refractivity contribution is 5.93. The Hall–Kier alpha value is -3.16. The Morgan fingerprint density at radius 3 is 2.62 bits per heavy atom. The van der Waals surface area contributed by atoms with Crippen LogP contribution in [0.4, 0.5) is 0 Å². The molecule has 0 spiro atoms. The predicted octanol–water partition coefficient (Wildman–Crippen LogP) is 1.41. The van der Waals surface area contributed by atoms with E-state index >= 15 is 0 Å². The topological polar surface area (TPSA) is 93.5 Å². The summed E-state index contributed by atoms with van der Waals surface area (Å²) < 4.78 is 6.41. The minimum Gasteiger partial charge on any atom is -0.497 e. The molecule has 3 heterocycles. The van der Waals surface area contributed by atoms with Crippen molar-refractivity contribution in [3.63, 3.8) is 0 Å². The van der Waals surface area contributed by atoms with Gasteiger partial charge in [-0.1, -0.05) is 12.1 Å². The average molecular weight is 396 g/mol. The number of hydrogen-bond acceptors (Lipinski definition) is 5. The number of rotatable bonds is 3. The summed E-state index contributed by atoms with van der Waals surface area (Å²) >= 11 is 0. The minimum absolute atomic E-state index is 0.0283. The molecule has 1 N–H and O–H groups in total. The first-order valence-electron chi connectivity index (χ1n) is 9.78. The Morgan fingerprint density at radius 2 is 1.93 bits per heavy atom. The Kier molecular flexibility index (Phi) is 5.08. The van der Waals surface area contributed by atoms with E-state index in [0.717, 1.165) is 28.8 Å². The van der Waals surface area contributed by atoms with Gasteiger partial charge in [-0.05, 0) is 43.0 Å². The quantitative estimate of drug-likeness (QED) is 0.847. The molecule has 0 saturated carbocycles. The van der Waals surface area contributed by atoms with E-state index in [-0.39, 0.29) is 41.2 Å². The molecule has 0 radical (unpaired) electrons. The van der Waals surface area contributed by atoms with Gasteiger partial charge in [0, 0.05) is 19.5 Å². The van der Waals surface area contributed by atoms with Crippen LogP contribution in [0, 0.1) is 0 Å². The van der Waals surface area contributed by atoms with Crippen molar-refractivity contribution in [2.75, 3.05) is 7.11 Å². The van der Waals surface area contributed by atoms with E-state index in [9.17, 15) is 14.4 Å². The molecule has 29 heavy (non-hydrogen) atoms. The molecule has 152 valence electrons. The molecule has 2 aromatic rings. The minimum atomic E-state index is -0.269. The Bertz CT molecular complexity index is 985. The maximum Gasteiger partial charge on any atom is 0.275 e. The maximum atomic E-state index is 13.5. The van der Waals surface area contributed by atoms with Crippen LogP contribution in [0.1, 0.15) is 47.8 Å². The van der Waals surface area contributed by atoms with Crippen LogP contribution in [0.5, 0.6) is 5.75 Å². The van der Waals surface area contributed by atoms with Crippen LogP contribution < -0.4 is 15.6 Å². The molecule has 2 aliphatic heterocycles. The second-order valence-electron chi connectivity index (χ2n) is 7.55. The summed E-state index contributed by atoms with van der Waals surface area (Å²) in [6.45, 7) is 0. The van der Waals surface area contributed by atoms with Gasteiger partial charge in [-0.15, -0.1) is 0 Å². The molecule has 0 unspecified atom stereocenters. The van der Waals surface area contributed by atoms with Crippen LogP contribution in [0.25, 0.3) is 0 Å². The fourth-order valence-corrected chi connectivity index (χ4v) is 4.35. The van der Waals surface area contributed by atoms with E-state index < -0.39 is 0 Å². The normalized spacial score (nSPS) is 23.9. The number of carbonyl (C=O) groups is 2.